The zero-order chi connectivity index (χ0) is 21.6. The highest BCUT2D eigenvalue weighted by Crippen LogP contribution is 2.20. The van der Waals surface area contributed by atoms with Crippen LogP contribution >= 0.6 is 0 Å². The van der Waals surface area contributed by atoms with Gasteiger partial charge < -0.3 is 15.7 Å². The molecule has 0 aliphatic carbocycles. The van der Waals surface area contributed by atoms with Gasteiger partial charge in [0.1, 0.15) is 5.75 Å². The van der Waals surface area contributed by atoms with E-state index in [1.165, 1.54) is 25.7 Å². The topological polar surface area (TPSA) is 69.0 Å². The highest BCUT2D eigenvalue weighted by Gasteiger charge is 2.10. The van der Waals surface area contributed by atoms with Gasteiger partial charge in [-0.05, 0) is 44.4 Å². The molecule has 5 nitrogen and oxygen atoms in total. The van der Waals surface area contributed by atoms with Crippen molar-refractivity contribution in [1.29, 1.82) is 0 Å². The molecule has 29 heavy (non-hydrogen) atoms. The Kier molecular flexibility index (Phi) is 11.5. The third kappa shape index (κ3) is 8.55. The molecule has 0 saturated carbocycles. The van der Waals surface area contributed by atoms with Crippen molar-refractivity contribution in [1.82, 2.24) is 10.6 Å². The number of nitrogens with zero attached hydrogens (tertiary/aromatic N) is 2. The SMILES string of the molecule is CCCCC(CC)CN/C(C)=C/C(=N/C(C)=C(/C=NC)NC)c1ccccc1O. The molecule has 0 aliphatic heterocycles. The summed E-state index contributed by atoms with van der Waals surface area (Å²) in [5.41, 5.74) is 4.09. The second-order valence-electron chi connectivity index (χ2n) is 7.28. The van der Waals surface area contributed by atoms with Gasteiger partial charge >= 0.3 is 0 Å². The van der Waals surface area contributed by atoms with E-state index in [0.717, 1.165) is 23.6 Å². The molecule has 3 N–H and O–H groups in total. The summed E-state index contributed by atoms with van der Waals surface area (Å²) in [6, 6.07) is 7.29. The van der Waals surface area contributed by atoms with E-state index in [4.69, 9.17) is 4.99 Å². The van der Waals surface area contributed by atoms with Gasteiger partial charge in [-0.15, -0.1) is 0 Å². The summed E-state index contributed by atoms with van der Waals surface area (Å²) in [4.78, 5) is 8.88. The molecule has 1 aromatic rings. The smallest absolute Gasteiger partial charge is 0.124 e. The van der Waals surface area contributed by atoms with Crippen LogP contribution in [-0.4, -0.2) is 37.7 Å². The predicted molar refractivity (Wildman–Crippen MR) is 126 cm³/mol. The molecule has 0 saturated heterocycles. The quantitative estimate of drug-likeness (QED) is 0.432. The molecule has 1 aromatic carbocycles. The van der Waals surface area contributed by atoms with E-state index in [9.17, 15) is 5.11 Å². The van der Waals surface area contributed by atoms with Crippen molar-refractivity contribution >= 4 is 11.9 Å². The second kappa shape index (κ2) is 13.6. The summed E-state index contributed by atoms with van der Waals surface area (Å²) in [5.74, 6) is 0.884. The van der Waals surface area contributed by atoms with Crippen LogP contribution in [0.5, 0.6) is 5.75 Å². The van der Waals surface area contributed by atoms with Crippen molar-refractivity contribution in [2.45, 2.75) is 53.4 Å². The fourth-order valence-electron chi connectivity index (χ4n) is 3.07. The van der Waals surface area contributed by atoms with E-state index in [1.807, 2.05) is 45.2 Å². The van der Waals surface area contributed by atoms with Crippen molar-refractivity contribution in [2.24, 2.45) is 15.9 Å². The van der Waals surface area contributed by atoms with Crippen molar-refractivity contribution in [3.8, 4) is 5.75 Å². The molecule has 0 heterocycles. The highest BCUT2D eigenvalue weighted by atomic mass is 16.3. The van der Waals surface area contributed by atoms with Crippen LogP contribution in [0.4, 0.5) is 0 Å². The minimum absolute atomic E-state index is 0.215. The normalized spacial score (nSPS) is 14.7. The van der Waals surface area contributed by atoms with E-state index in [0.29, 0.717) is 17.2 Å². The third-order valence-electron chi connectivity index (χ3n) is 4.95. The Morgan fingerprint density at radius 3 is 2.52 bits per heavy atom. The fraction of sp³-hybridized carbons (Fsp3) is 0.500. The van der Waals surface area contributed by atoms with Crippen LogP contribution in [0, 0.1) is 5.92 Å². The maximum atomic E-state index is 10.4. The molecule has 0 amide bonds. The second-order valence-corrected chi connectivity index (χ2v) is 7.28. The van der Waals surface area contributed by atoms with Gasteiger partial charge in [-0.3, -0.25) is 9.98 Å². The van der Waals surface area contributed by atoms with E-state index < -0.39 is 0 Å². The molecule has 1 atom stereocenters. The van der Waals surface area contributed by atoms with Crippen molar-refractivity contribution in [3.63, 3.8) is 0 Å². The molecule has 0 radical (unpaired) electrons. The zero-order valence-electron chi connectivity index (χ0n) is 18.9. The summed E-state index contributed by atoms with van der Waals surface area (Å²) in [6.07, 6.45) is 8.66. The first-order valence-corrected chi connectivity index (χ1v) is 10.6. The molecular formula is C24H38N4O. The largest absolute Gasteiger partial charge is 0.507 e. The Morgan fingerprint density at radius 1 is 1.21 bits per heavy atom. The van der Waals surface area contributed by atoms with Gasteiger partial charge in [-0.1, -0.05) is 45.2 Å². The standard InChI is InChI=1S/C24H38N4O/c1-7-9-12-20(8-2)16-27-18(3)15-22(21-13-10-11-14-24(21)29)28-19(4)23(26-6)17-25-5/h10-11,13-15,17,20,26-27,29H,7-9,12,16H2,1-6H3/b18-15+,23-19-,25-17?,28-22-. The van der Waals surface area contributed by atoms with E-state index in [1.54, 1.807) is 19.3 Å². The van der Waals surface area contributed by atoms with Crippen LogP contribution in [0.25, 0.3) is 0 Å². The number of rotatable bonds is 12. The van der Waals surface area contributed by atoms with Crippen LogP contribution in [-0.2, 0) is 0 Å². The highest BCUT2D eigenvalue weighted by molar-refractivity contribution is 6.11. The minimum Gasteiger partial charge on any atom is -0.507 e. The number of allylic oxidation sites excluding steroid dienone is 4. The van der Waals surface area contributed by atoms with Crippen LogP contribution in [0.15, 0.2) is 57.4 Å². The number of aliphatic imine (C=N–C) groups is 2. The van der Waals surface area contributed by atoms with Gasteiger partial charge in [0.2, 0.25) is 0 Å². The Balaban J connectivity index is 3.20. The summed E-state index contributed by atoms with van der Waals surface area (Å²) >= 11 is 0. The maximum Gasteiger partial charge on any atom is 0.124 e. The Morgan fingerprint density at radius 2 is 1.93 bits per heavy atom. The van der Waals surface area contributed by atoms with Crippen LogP contribution < -0.4 is 10.6 Å². The summed E-state index contributed by atoms with van der Waals surface area (Å²) in [5, 5.41) is 17.0. The van der Waals surface area contributed by atoms with E-state index >= 15 is 0 Å². The summed E-state index contributed by atoms with van der Waals surface area (Å²) in [6.45, 7) is 9.42. The summed E-state index contributed by atoms with van der Waals surface area (Å²) < 4.78 is 0. The lowest BCUT2D eigenvalue weighted by Gasteiger charge is -2.17. The zero-order valence-corrected chi connectivity index (χ0v) is 18.9. The number of phenolic OH excluding ortho intramolecular Hbond substituents is 1. The lowest BCUT2D eigenvalue weighted by molar-refractivity contribution is 0.435. The van der Waals surface area contributed by atoms with Crippen molar-refractivity contribution in [3.05, 3.63) is 53.0 Å². The average molecular weight is 399 g/mol. The van der Waals surface area contributed by atoms with Gasteiger partial charge in [-0.2, -0.15) is 0 Å². The number of para-hydroxylation sites is 1. The molecule has 0 spiro atoms. The molecule has 0 fully saturated rings. The lowest BCUT2D eigenvalue weighted by atomic mass is 9.99. The Labute approximate surface area is 176 Å². The molecule has 1 unspecified atom stereocenters. The molecule has 1 rings (SSSR count). The first-order chi connectivity index (χ1) is 14.0. The summed E-state index contributed by atoms with van der Waals surface area (Å²) in [7, 11) is 3.58. The lowest BCUT2D eigenvalue weighted by Crippen LogP contribution is -2.21. The number of nitrogens with one attached hydrogen (secondary N) is 2. The third-order valence-corrected chi connectivity index (χ3v) is 4.95. The van der Waals surface area contributed by atoms with E-state index in [2.05, 4.69) is 29.5 Å². The monoisotopic (exact) mass is 398 g/mol. The molecule has 0 aromatic heterocycles. The van der Waals surface area contributed by atoms with Gasteiger partial charge in [0.05, 0.1) is 17.1 Å². The fourth-order valence-corrected chi connectivity index (χ4v) is 3.07. The molecular weight excluding hydrogens is 360 g/mol. The molecule has 5 heteroatoms. The predicted octanol–water partition coefficient (Wildman–Crippen LogP) is 5.04. The van der Waals surface area contributed by atoms with Crippen molar-refractivity contribution in [2.75, 3.05) is 20.6 Å². The van der Waals surface area contributed by atoms with Gasteiger partial charge in [0.15, 0.2) is 0 Å². The number of hydrogen-bond donors (Lipinski definition) is 3. The van der Waals surface area contributed by atoms with Crippen molar-refractivity contribution < 1.29 is 5.11 Å². The average Bonchev–Trinajstić information content (AvgIpc) is 2.72. The van der Waals surface area contributed by atoms with Gasteiger partial charge in [0, 0.05) is 38.1 Å². The Hall–Kier alpha value is -2.56. The molecule has 0 bridgehead atoms. The number of phenols is 1. The Bertz CT molecular complexity index is 747. The number of unbranched alkanes of at least 4 members (excludes halogenated alkanes) is 1. The maximum absolute atomic E-state index is 10.4. The van der Waals surface area contributed by atoms with E-state index in [-0.39, 0.29) is 5.75 Å². The molecule has 160 valence electrons. The number of aromatic hydroxyl groups is 1. The minimum atomic E-state index is 0.215. The van der Waals surface area contributed by atoms with Gasteiger partial charge in [0.25, 0.3) is 0 Å². The van der Waals surface area contributed by atoms with Crippen LogP contribution in [0.1, 0.15) is 58.9 Å². The number of hydrogen-bond acceptors (Lipinski definition) is 5. The molecule has 0 aliphatic rings. The van der Waals surface area contributed by atoms with Crippen LogP contribution in [0.3, 0.4) is 0 Å². The van der Waals surface area contributed by atoms with Crippen LogP contribution in [0.2, 0.25) is 0 Å². The number of benzene rings is 1. The first-order valence-electron chi connectivity index (χ1n) is 10.6. The first kappa shape index (κ1) is 24.5. The van der Waals surface area contributed by atoms with Gasteiger partial charge in [-0.25, -0.2) is 0 Å².